The van der Waals surface area contributed by atoms with Gasteiger partial charge in [-0.1, -0.05) is 0 Å². The normalized spacial score (nSPS) is 18.8. The molecule has 3 aliphatic heterocycles. The highest BCUT2D eigenvalue weighted by atomic mass is 15.5. The number of likely N-dealkylation sites (tertiary alicyclic amines) is 1. The Labute approximate surface area is 152 Å². The maximum atomic E-state index is 4.99. The Kier molecular flexibility index (Phi) is 3.53. The quantitative estimate of drug-likeness (QED) is 0.766. The fourth-order valence-electron chi connectivity index (χ4n) is 4.49. The molecule has 4 heterocycles. The standard InChI is InChI=1S/C19H25N7/c1-12(2)25-8-6-13(7-9-25)26-11-14-15(23-26)4-5-16-18-17(10-20-21-16)22-24(3)19(14)18/h4-5,10,12-13,22H,6-9,11H2,1-3H3. The lowest BCUT2D eigenvalue weighted by Gasteiger charge is -2.37. The zero-order valence-corrected chi connectivity index (χ0v) is 15.6. The maximum absolute atomic E-state index is 4.99. The highest BCUT2D eigenvalue weighted by Crippen LogP contribution is 2.33. The topological polar surface area (TPSA) is 65.3 Å². The van der Waals surface area contributed by atoms with Crippen molar-refractivity contribution in [3.63, 3.8) is 0 Å². The number of nitrogens with one attached hydrogen (secondary N) is 1. The van der Waals surface area contributed by atoms with Gasteiger partial charge in [0.15, 0.2) is 0 Å². The SMILES string of the molecule is CC(C)N1CCC(N2Cc3c4n(C)[nH]c5cnnc(ccc3=N2)c5-4)CC1. The summed E-state index contributed by atoms with van der Waals surface area (Å²) in [4.78, 5) is 2.56. The van der Waals surface area contributed by atoms with E-state index in [0.717, 1.165) is 41.6 Å². The number of hydrogen-bond donors (Lipinski definition) is 1. The van der Waals surface area contributed by atoms with Crippen molar-refractivity contribution in [3.8, 4) is 11.3 Å². The average molecular weight is 351 g/mol. The van der Waals surface area contributed by atoms with Crippen LogP contribution in [0, 0.1) is 0 Å². The highest BCUT2D eigenvalue weighted by molar-refractivity contribution is 5.92. The minimum Gasteiger partial charge on any atom is -0.301 e. The Bertz CT molecular complexity index is 991. The molecule has 1 saturated heterocycles. The van der Waals surface area contributed by atoms with E-state index in [9.17, 15) is 0 Å². The summed E-state index contributed by atoms with van der Waals surface area (Å²) in [6, 6.07) is 5.31. The molecular weight excluding hydrogens is 326 g/mol. The van der Waals surface area contributed by atoms with E-state index >= 15 is 0 Å². The van der Waals surface area contributed by atoms with Crippen molar-refractivity contribution in [2.24, 2.45) is 12.1 Å². The lowest BCUT2D eigenvalue weighted by Crippen LogP contribution is -2.44. The molecular formula is C19H25N7. The van der Waals surface area contributed by atoms with Gasteiger partial charge in [0.2, 0.25) is 0 Å². The first-order chi connectivity index (χ1) is 12.6. The summed E-state index contributed by atoms with van der Waals surface area (Å²) in [5, 5.41) is 20.2. The Morgan fingerprint density at radius 3 is 2.77 bits per heavy atom. The van der Waals surface area contributed by atoms with Crippen LogP contribution in [-0.2, 0) is 13.6 Å². The smallest absolute Gasteiger partial charge is 0.0973 e. The van der Waals surface area contributed by atoms with Crippen molar-refractivity contribution in [3.05, 3.63) is 29.3 Å². The first-order valence-electron chi connectivity index (χ1n) is 9.49. The van der Waals surface area contributed by atoms with Crippen molar-refractivity contribution >= 4 is 11.0 Å². The predicted octanol–water partition coefficient (Wildman–Crippen LogP) is 1.91. The average Bonchev–Trinajstić information content (AvgIpc) is 3.15. The summed E-state index contributed by atoms with van der Waals surface area (Å²) < 4.78 is 2.08. The van der Waals surface area contributed by atoms with E-state index in [4.69, 9.17) is 5.10 Å². The Balaban J connectivity index is 1.51. The number of piperidine rings is 1. The number of H-pyrrole nitrogens is 1. The third-order valence-corrected chi connectivity index (χ3v) is 5.94. The third kappa shape index (κ3) is 2.34. The molecule has 1 fully saturated rings. The van der Waals surface area contributed by atoms with Gasteiger partial charge in [-0.3, -0.25) is 14.8 Å². The number of rotatable bonds is 2. The molecule has 7 nitrogen and oxygen atoms in total. The van der Waals surface area contributed by atoms with E-state index in [0.29, 0.717) is 12.1 Å². The number of hydrogen-bond acceptors (Lipinski definition) is 5. The molecule has 0 atom stereocenters. The molecule has 0 amide bonds. The van der Waals surface area contributed by atoms with E-state index in [2.05, 4.69) is 56.8 Å². The van der Waals surface area contributed by atoms with Crippen molar-refractivity contribution in [2.45, 2.75) is 45.3 Å². The van der Waals surface area contributed by atoms with Gasteiger partial charge in [0, 0.05) is 37.8 Å². The molecule has 0 unspecified atom stereocenters. The van der Waals surface area contributed by atoms with Gasteiger partial charge in [-0.2, -0.15) is 15.3 Å². The van der Waals surface area contributed by atoms with Crippen LogP contribution < -0.4 is 5.36 Å². The van der Waals surface area contributed by atoms with E-state index in [-0.39, 0.29) is 0 Å². The summed E-state index contributed by atoms with van der Waals surface area (Å²) in [5.41, 5.74) is 5.56. The number of aryl methyl sites for hydroxylation is 1. The molecule has 1 N–H and O–H groups in total. The molecule has 7 heteroatoms. The van der Waals surface area contributed by atoms with E-state index in [1.807, 2.05) is 6.07 Å². The molecule has 0 radical (unpaired) electrons. The van der Waals surface area contributed by atoms with Gasteiger partial charge in [-0.15, -0.1) is 0 Å². The summed E-state index contributed by atoms with van der Waals surface area (Å²) in [5.74, 6) is 0. The molecule has 0 saturated carbocycles. The van der Waals surface area contributed by atoms with Gasteiger partial charge < -0.3 is 4.90 Å². The van der Waals surface area contributed by atoms with Crippen LogP contribution in [0.25, 0.3) is 22.3 Å². The van der Waals surface area contributed by atoms with Crippen LogP contribution in [0.4, 0.5) is 0 Å². The first kappa shape index (κ1) is 15.8. The van der Waals surface area contributed by atoms with Crippen molar-refractivity contribution < 1.29 is 0 Å². The number of nitrogens with zero attached hydrogens (tertiary/aromatic N) is 6. The molecule has 0 bridgehead atoms. The molecule has 1 aromatic heterocycles. The second-order valence-corrected chi connectivity index (χ2v) is 7.79. The molecule has 136 valence electrons. The Morgan fingerprint density at radius 1 is 1.19 bits per heavy atom. The largest absolute Gasteiger partial charge is 0.301 e. The number of aromatic amines is 1. The lowest BCUT2D eigenvalue weighted by atomic mass is 10.0. The van der Waals surface area contributed by atoms with Crippen LogP contribution in [0.3, 0.4) is 0 Å². The van der Waals surface area contributed by atoms with Crippen LogP contribution in [0.15, 0.2) is 23.4 Å². The Hall–Kier alpha value is -2.41. The van der Waals surface area contributed by atoms with Gasteiger partial charge >= 0.3 is 0 Å². The van der Waals surface area contributed by atoms with Gasteiger partial charge in [0.25, 0.3) is 0 Å². The van der Waals surface area contributed by atoms with Gasteiger partial charge in [0.1, 0.15) is 0 Å². The monoisotopic (exact) mass is 351 g/mol. The Morgan fingerprint density at radius 2 is 2.00 bits per heavy atom. The maximum Gasteiger partial charge on any atom is 0.0973 e. The van der Waals surface area contributed by atoms with Gasteiger partial charge in [-0.25, -0.2) is 0 Å². The zero-order chi connectivity index (χ0) is 17.8. The minimum atomic E-state index is 0.528. The van der Waals surface area contributed by atoms with Crippen LogP contribution in [0.2, 0.25) is 0 Å². The van der Waals surface area contributed by atoms with Gasteiger partial charge in [0.05, 0.1) is 40.4 Å². The zero-order valence-electron chi connectivity index (χ0n) is 15.6. The van der Waals surface area contributed by atoms with Crippen LogP contribution in [-0.4, -0.2) is 55.1 Å². The lowest BCUT2D eigenvalue weighted by molar-refractivity contribution is 0.0927. The molecule has 26 heavy (non-hydrogen) atoms. The summed E-state index contributed by atoms with van der Waals surface area (Å²) >= 11 is 0. The molecule has 1 aliphatic carbocycles. The molecule has 0 aromatic carbocycles. The fourth-order valence-corrected chi connectivity index (χ4v) is 4.49. The van der Waals surface area contributed by atoms with E-state index in [1.165, 1.54) is 24.1 Å². The van der Waals surface area contributed by atoms with E-state index < -0.39 is 0 Å². The van der Waals surface area contributed by atoms with E-state index in [1.54, 1.807) is 6.20 Å². The van der Waals surface area contributed by atoms with Crippen LogP contribution in [0.5, 0.6) is 0 Å². The van der Waals surface area contributed by atoms with Crippen molar-refractivity contribution in [1.29, 1.82) is 0 Å². The predicted molar refractivity (Wildman–Crippen MR) is 100 cm³/mol. The second kappa shape index (κ2) is 5.81. The van der Waals surface area contributed by atoms with Crippen LogP contribution in [0.1, 0.15) is 32.3 Å². The molecule has 0 spiro atoms. The molecule has 1 aromatic rings. The van der Waals surface area contributed by atoms with Crippen LogP contribution >= 0.6 is 0 Å². The number of aromatic nitrogens is 4. The summed E-state index contributed by atoms with van der Waals surface area (Å²) in [6.07, 6.45) is 4.17. The minimum absolute atomic E-state index is 0.528. The summed E-state index contributed by atoms with van der Waals surface area (Å²) in [7, 11) is 2.05. The van der Waals surface area contributed by atoms with Crippen molar-refractivity contribution in [2.75, 3.05) is 13.1 Å². The highest BCUT2D eigenvalue weighted by Gasteiger charge is 2.30. The third-order valence-electron chi connectivity index (χ3n) is 5.94. The summed E-state index contributed by atoms with van der Waals surface area (Å²) in [6.45, 7) is 7.76. The van der Waals surface area contributed by atoms with Crippen molar-refractivity contribution in [1.82, 2.24) is 29.9 Å². The number of fused-ring (bicyclic) bond motifs is 2. The first-order valence-corrected chi connectivity index (χ1v) is 9.49. The fraction of sp³-hybridized carbons (Fsp3) is 0.526. The molecule has 4 aliphatic rings. The van der Waals surface area contributed by atoms with Gasteiger partial charge in [-0.05, 0) is 38.8 Å². The second-order valence-electron chi connectivity index (χ2n) is 7.79. The molecule has 5 rings (SSSR count).